The molecule has 0 bridgehead atoms. The molecule has 1 N–H and O–H groups in total. The lowest BCUT2D eigenvalue weighted by Gasteiger charge is -2.36. The first kappa shape index (κ1) is 21.4. The van der Waals surface area contributed by atoms with Crippen LogP contribution in [0.2, 0.25) is 0 Å². The molecular formula is C26H23NO5S. The standard InChI is InChI=1S/C26H23NO5S/c1-3-31-26(30)22-14(2)27-18-11-15(21-9-6-10-33-21)12-19(28)24(18)23(22)17-13-32-20-8-5-4-7-16(20)25(17)29/h4-10,13,15,23,27H,3,11-12H2,1-2H3/t15-,23-/m0/s1. The zero-order valence-corrected chi connectivity index (χ0v) is 19.2. The van der Waals surface area contributed by atoms with Crippen LogP contribution in [0.1, 0.15) is 49.0 Å². The van der Waals surface area contributed by atoms with Crippen molar-refractivity contribution in [2.24, 2.45) is 0 Å². The predicted octanol–water partition coefficient (Wildman–Crippen LogP) is 4.78. The lowest BCUT2D eigenvalue weighted by atomic mass is 9.73. The Kier molecular flexibility index (Phi) is 5.50. The summed E-state index contributed by atoms with van der Waals surface area (Å²) in [5.74, 6) is -1.39. The highest BCUT2D eigenvalue weighted by atomic mass is 32.1. The van der Waals surface area contributed by atoms with Gasteiger partial charge in [0, 0.05) is 39.7 Å². The highest BCUT2D eigenvalue weighted by molar-refractivity contribution is 7.10. The first-order valence-electron chi connectivity index (χ1n) is 10.9. The molecule has 168 valence electrons. The van der Waals surface area contributed by atoms with E-state index in [2.05, 4.69) is 5.32 Å². The number of Topliss-reactive ketones (excluding diaryl/α,β-unsaturated/α-hetero) is 1. The fourth-order valence-electron chi connectivity index (χ4n) is 4.85. The van der Waals surface area contributed by atoms with E-state index in [1.165, 1.54) is 6.26 Å². The molecule has 0 unspecified atom stereocenters. The third kappa shape index (κ3) is 3.62. The molecule has 0 saturated heterocycles. The summed E-state index contributed by atoms with van der Waals surface area (Å²) in [6.07, 6.45) is 2.34. The van der Waals surface area contributed by atoms with Gasteiger partial charge >= 0.3 is 5.97 Å². The van der Waals surface area contributed by atoms with Crippen molar-refractivity contribution in [1.82, 2.24) is 5.32 Å². The summed E-state index contributed by atoms with van der Waals surface area (Å²) in [7, 11) is 0. The summed E-state index contributed by atoms with van der Waals surface area (Å²) >= 11 is 1.63. The van der Waals surface area contributed by atoms with Gasteiger partial charge in [-0.15, -0.1) is 11.3 Å². The monoisotopic (exact) mass is 461 g/mol. The summed E-state index contributed by atoms with van der Waals surface area (Å²) in [4.78, 5) is 41.2. The maximum Gasteiger partial charge on any atom is 0.336 e. The van der Waals surface area contributed by atoms with Gasteiger partial charge < -0.3 is 14.5 Å². The minimum atomic E-state index is -0.835. The smallest absolute Gasteiger partial charge is 0.336 e. The Morgan fingerprint density at radius 2 is 2.00 bits per heavy atom. The Hall–Kier alpha value is -3.45. The molecule has 2 atom stereocenters. The van der Waals surface area contributed by atoms with Gasteiger partial charge in [0.25, 0.3) is 0 Å². The molecule has 3 heterocycles. The number of benzene rings is 1. The zero-order valence-electron chi connectivity index (χ0n) is 18.3. The quantitative estimate of drug-likeness (QED) is 0.563. The van der Waals surface area contributed by atoms with Crippen LogP contribution >= 0.6 is 11.3 Å². The van der Waals surface area contributed by atoms with Crippen LogP contribution in [-0.2, 0) is 14.3 Å². The zero-order chi connectivity index (χ0) is 23.1. The molecule has 0 radical (unpaired) electrons. The summed E-state index contributed by atoms with van der Waals surface area (Å²) in [6, 6.07) is 11.0. The Bertz CT molecular complexity index is 1380. The Balaban J connectivity index is 1.69. The average Bonchev–Trinajstić information content (AvgIpc) is 3.34. The van der Waals surface area contributed by atoms with Crippen molar-refractivity contribution < 1.29 is 18.7 Å². The van der Waals surface area contributed by atoms with Crippen molar-refractivity contribution in [1.29, 1.82) is 0 Å². The number of carbonyl (C=O) groups excluding carboxylic acids is 2. The number of carbonyl (C=O) groups is 2. The fourth-order valence-corrected chi connectivity index (χ4v) is 5.68. The molecule has 2 aromatic heterocycles. The van der Waals surface area contributed by atoms with Crippen LogP contribution in [0, 0.1) is 0 Å². The van der Waals surface area contributed by atoms with E-state index in [1.807, 2.05) is 17.5 Å². The van der Waals surface area contributed by atoms with Gasteiger partial charge in [0.15, 0.2) is 11.2 Å². The van der Waals surface area contributed by atoms with Crippen molar-refractivity contribution in [3.63, 3.8) is 0 Å². The number of rotatable bonds is 4. The summed E-state index contributed by atoms with van der Waals surface area (Å²) < 4.78 is 11.1. The Labute approximate surface area is 194 Å². The van der Waals surface area contributed by atoms with E-state index in [0.29, 0.717) is 35.1 Å². The van der Waals surface area contributed by atoms with Crippen LogP contribution in [0.5, 0.6) is 0 Å². The number of nitrogens with one attached hydrogen (secondary N) is 1. The second kappa shape index (κ2) is 8.48. The SMILES string of the molecule is CCOC(=O)C1=C(C)NC2=C(C(=O)C[C@@H](c3cccs3)C2)[C@H]1c1coc2ccccc2c1=O. The van der Waals surface area contributed by atoms with E-state index < -0.39 is 11.9 Å². The topological polar surface area (TPSA) is 85.6 Å². The predicted molar refractivity (Wildman–Crippen MR) is 126 cm³/mol. The number of para-hydroxylation sites is 1. The minimum absolute atomic E-state index is 0.0642. The maximum absolute atomic E-state index is 13.5. The van der Waals surface area contributed by atoms with Crippen LogP contribution < -0.4 is 10.7 Å². The highest BCUT2D eigenvalue weighted by Gasteiger charge is 2.42. The molecule has 3 aromatic rings. The van der Waals surface area contributed by atoms with E-state index in [-0.39, 0.29) is 34.9 Å². The van der Waals surface area contributed by atoms with Gasteiger partial charge in [0.05, 0.1) is 29.7 Å². The number of hydrogen-bond acceptors (Lipinski definition) is 7. The number of thiophene rings is 1. The molecular weight excluding hydrogens is 438 g/mol. The first-order chi connectivity index (χ1) is 16.0. The minimum Gasteiger partial charge on any atom is -0.464 e. The van der Waals surface area contributed by atoms with E-state index >= 15 is 0 Å². The third-order valence-electron chi connectivity index (χ3n) is 6.29. The molecule has 1 aliphatic carbocycles. The van der Waals surface area contributed by atoms with Crippen molar-refractivity contribution in [3.8, 4) is 0 Å². The van der Waals surface area contributed by atoms with E-state index in [4.69, 9.17) is 9.15 Å². The maximum atomic E-state index is 13.5. The molecule has 33 heavy (non-hydrogen) atoms. The van der Waals surface area contributed by atoms with Gasteiger partial charge in [-0.05, 0) is 43.8 Å². The Morgan fingerprint density at radius 3 is 2.76 bits per heavy atom. The van der Waals surface area contributed by atoms with Crippen LogP contribution in [0.25, 0.3) is 11.0 Å². The number of hydrogen-bond donors (Lipinski definition) is 1. The number of ketones is 1. The number of esters is 1. The second-order valence-corrected chi connectivity index (χ2v) is 9.25. The summed E-state index contributed by atoms with van der Waals surface area (Å²) in [5.41, 5.74) is 2.56. The van der Waals surface area contributed by atoms with Gasteiger partial charge in [-0.1, -0.05) is 18.2 Å². The molecule has 0 amide bonds. The van der Waals surface area contributed by atoms with Gasteiger partial charge in [0.1, 0.15) is 5.58 Å². The summed E-state index contributed by atoms with van der Waals surface area (Å²) in [5, 5.41) is 5.71. The first-order valence-corrected chi connectivity index (χ1v) is 11.8. The third-order valence-corrected chi connectivity index (χ3v) is 7.32. The van der Waals surface area contributed by atoms with Crippen LogP contribution in [0.3, 0.4) is 0 Å². The van der Waals surface area contributed by atoms with Gasteiger partial charge in [-0.25, -0.2) is 4.79 Å². The largest absolute Gasteiger partial charge is 0.464 e. The van der Waals surface area contributed by atoms with Gasteiger partial charge in [-0.3, -0.25) is 9.59 Å². The lowest BCUT2D eigenvalue weighted by Crippen LogP contribution is -2.37. The second-order valence-electron chi connectivity index (χ2n) is 8.27. The van der Waals surface area contributed by atoms with Crippen molar-refractivity contribution in [2.45, 2.75) is 38.5 Å². The molecule has 2 aliphatic rings. The number of dihydropyridines is 1. The molecule has 5 rings (SSSR count). The fraction of sp³-hybridized carbons (Fsp3) is 0.269. The van der Waals surface area contributed by atoms with E-state index in [9.17, 15) is 14.4 Å². The van der Waals surface area contributed by atoms with Crippen LogP contribution in [-0.4, -0.2) is 18.4 Å². The Morgan fingerprint density at radius 1 is 1.18 bits per heavy atom. The molecule has 6 nitrogen and oxygen atoms in total. The van der Waals surface area contributed by atoms with Gasteiger partial charge in [-0.2, -0.15) is 0 Å². The molecule has 0 saturated carbocycles. The summed E-state index contributed by atoms with van der Waals surface area (Å²) in [6.45, 7) is 3.70. The molecule has 0 fully saturated rings. The normalized spacial score (nSPS) is 20.6. The van der Waals surface area contributed by atoms with Gasteiger partial charge in [0.2, 0.25) is 0 Å². The van der Waals surface area contributed by atoms with Crippen molar-refractivity contribution >= 4 is 34.1 Å². The molecule has 1 aliphatic heterocycles. The molecule has 1 aromatic carbocycles. The lowest BCUT2D eigenvalue weighted by molar-refractivity contribution is -0.138. The van der Waals surface area contributed by atoms with E-state index in [0.717, 1.165) is 10.6 Å². The number of fused-ring (bicyclic) bond motifs is 1. The molecule has 7 heteroatoms. The number of allylic oxidation sites excluding steroid dienone is 3. The van der Waals surface area contributed by atoms with Crippen LogP contribution in [0.15, 0.2) is 79.8 Å². The highest BCUT2D eigenvalue weighted by Crippen LogP contribution is 2.45. The van der Waals surface area contributed by atoms with E-state index in [1.54, 1.807) is 49.4 Å². The average molecular weight is 462 g/mol. The van der Waals surface area contributed by atoms with Crippen molar-refractivity contribution in [2.75, 3.05) is 6.61 Å². The molecule has 0 spiro atoms. The van der Waals surface area contributed by atoms with Crippen molar-refractivity contribution in [3.05, 3.63) is 91.2 Å². The van der Waals surface area contributed by atoms with Crippen LogP contribution in [0.4, 0.5) is 0 Å². The number of ether oxygens (including phenoxy) is 1.